The number of hydrogen-bond acceptors (Lipinski definition) is 2. The van der Waals surface area contributed by atoms with Crippen LogP contribution in [0.25, 0.3) is 11.1 Å². The third-order valence-electron chi connectivity index (χ3n) is 4.08. The molecule has 3 aromatic rings. The van der Waals surface area contributed by atoms with Gasteiger partial charge in [-0.05, 0) is 40.8 Å². The fraction of sp³-hybridized carbons (Fsp3) is 0.143. The predicted octanol–water partition coefficient (Wildman–Crippen LogP) is 4.89. The van der Waals surface area contributed by atoms with Crippen molar-refractivity contribution in [1.29, 1.82) is 0 Å². The fourth-order valence-electron chi connectivity index (χ4n) is 2.73. The highest BCUT2D eigenvalue weighted by Crippen LogP contribution is 2.23. The predicted molar refractivity (Wildman–Crippen MR) is 98.6 cm³/mol. The number of aryl methyl sites for hydroxylation is 1. The normalized spacial score (nSPS) is 11.4. The number of hydrogen-bond donors (Lipinski definition) is 0. The van der Waals surface area contributed by atoms with Crippen molar-refractivity contribution in [3.05, 3.63) is 90.0 Å². The van der Waals surface area contributed by atoms with Crippen molar-refractivity contribution < 1.29 is 8.42 Å². The summed E-state index contributed by atoms with van der Waals surface area (Å²) in [5, 5.41) is 0. The Kier molecular flexibility index (Phi) is 4.81. The van der Waals surface area contributed by atoms with E-state index in [0.29, 0.717) is 4.90 Å². The first kappa shape index (κ1) is 16.5. The van der Waals surface area contributed by atoms with Gasteiger partial charge in [0.05, 0.1) is 10.6 Å². The van der Waals surface area contributed by atoms with Crippen LogP contribution in [0.3, 0.4) is 0 Å². The van der Waals surface area contributed by atoms with Gasteiger partial charge >= 0.3 is 0 Å². The highest BCUT2D eigenvalue weighted by molar-refractivity contribution is 7.90. The van der Waals surface area contributed by atoms with E-state index in [1.165, 1.54) is 0 Å². The first-order valence-electron chi connectivity index (χ1n) is 8.04. The average Bonchev–Trinajstić information content (AvgIpc) is 2.62. The molecule has 0 saturated heterocycles. The average molecular weight is 336 g/mol. The van der Waals surface area contributed by atoms with E-state index in [1.54, 1.807) is 12.1 Å². The van der Waals surface area contributed by atoms with Crippen molar-refractivity contribution in [3.8, 4) is 11.1 Å². The van der Waals surface area contributed by atoms with Crippen LogP contribution in [0.15, 0.2) is 83.8 Å². The lowest BCUT2D eigenvalue weighted by atomic mass is 10.1. The summed E-state index contributed by atoms with van der Waals surface area (Å²) in [5.41, 5.74) is 4.09. The first-order chi connectivity index (χ1) is 11.6. The van der Waals surface area contributed by atoms with Gasteiger partial charge in [-0.1, -0.05) is 73.7 Å². The van der Waals surface area contributed by atoms with Gasteiger partial charge in [0.1, 0.15) is 0 Å². The van der Waals surface area contributed by atoms with Crippen LogP contribution in [0.4, 0.5) is 0 Å². The summed E-state index contributed by atoms with van der Waals surface area (Å²) >= 11 is 0. The summed E-state index contributed by atoms with van der Waals surface area (Å²) in [6, 6.07) is 24.8. The van der Waals surface area contributed by atoms with Crippen molar-refractivity contribution in [1.82, 2.24) is 0 Å². The van der Waals surface area contributed by atoms with Crippen LogP contribution in [0, 0.1) is 0 Å². The van der Waals surface area contributed by atoms with Crippen LogP contribution in [-0.4, -0.2) is 8.42 Å². The molecule has 24 heavy (non-hydrogen) atoms. The van der Waals surface area contributed by atoms with Crippen molar-refractivity contribution in [3.63, 3.8) is 0 Å². The molecular weight excluding hydrogens is 316 g/mol. The second-order valence-corrected chi connectivity index (χ2v) is 7.81. The Morgan fingerprint density at radius 3 is 2.00 bits per heavy atom. The minimum Gasteiger partial charge on any atom is -0.223 e. The number of benzene rings is 3. The molecule has 0 radical (unpaired) electrons. The standard InChI is InChI=1S/C21H20O2S/c1-2-17-7-6-8-18(15-17)16-24(22,23)21-13-11-20(12-14-21)19-9-4-3-5-10-19/h3-15H,2,16H2,1H3. The summed E-state index contributed by atoms with van der Waals surface area (Å²) in [4.78, 5) is 0.365. The summed E-state index contributed by atoms with van der Waals surface area (Å²) in [7, 11) is -3.34. The largest absolute Gasteiger partial charge is 0.223 e. The zero-order valence-electron chi connectivity index (χ0n) is 13.6. The van der Waals surface area contributed by atoms with Gasteiger partial charge in [-0.25, -0.2) is 8.42 Å². The molecule has 3 rings (SSSR count). The molecule has 0 aliphatic rings. The molecule has 0 atom stereocenters. The second kappa shape index (κ2) is 7.02. The van der Waals surface area contributed by atoms with Gasteiger partial charge in [0.2, 0.25) is 0 Å². The smallest absolute Gasteiger partial charge is 0.182 e. The van der Waals surface area contributed by atoms with Crippen molar-refractivity contribution in [2.45, 2.75) is 24.0 Å². The maximum Gasteiger partial charge on any atom is 0.182 e. The number of sulfone groups is 1. The minimum atomic E-state index is -3.34. The van der Waals surface area contributed by atoms with E-state index >= 15 is 0 Å². The minimum absolute atomic E-state index is 0.0333. The Balaban J connectivity index is 1.84. The Labute approximate surface area is 143 Å². The van der Waals surface area contributed by atoms with Crippen LogP contribution < -0.4 is 0 Å². The molecule has 0 spiro atoms. The molecule has 0 amide bonds. The van der Waals surface area contributed by atoms with Crippen molar-refractivity contribution in [2.75, 3.05) is 0 Å². The van der Waals surface area contributed by atoms with E-state index in [2.05, 4.69) is 6.92 Å². The number of rotatable bonds is 5. The first-order valence-corrected chi connectivity index (χ1v) is 9.70. The van der Waals surface area contributed by atoms with Gasteiger partial charge < -0.3 is 0 Å². The van der Waals surface area contributed by atoms with Crippen molar-refractivity contribution >= 4 is 9.84 Å². The SMILES string of the molecule is CCc1cccc(CS(=O)(=O)c2ccc(-c3ccccc3)cc2)c1. The topological polar surface area (TPSA) is 34.1 Å². The van der Waals surface area contributed by atoms with Gasteiger partial charge in [0, 0.05) is 0 Å². The molecule has 2 nitrogen and oxygen atoms in total. The fourth-order valence-corrected chi connectivity index (χ4v) is 4.06. The second-order valence-electron chi connectivity index (χ2n) is 5.82. The molecule has 0 N–H and O–H groups in total. The van der Waals surface area contributed by atoms with Gasteiger partial charge in [-0.15, -0.1) is 0 Å². The molecule has 3 heteroatoms. The van der Waals surface area contributed by atoms with Crippen LogP contribution in [0.5, 0.6) is 0 Å². The lowest BCUT2D eigenvalue weighted by Crippen LogP contribution is -2.05. The molecule has 0 fully saturated rings. The zero-order chi connectivity index (χ0) is 17.0. The molecule has 0 aromatic heterocycles. The van der Waals surface area contributed by atoms with E-state index in [-0.39, 0.29) is 5.75 Å². The maximum absolute atomic E-state index is 12.6. The molecule has 0 bridgehead atoms. The monoisotopic (exact) mass is 336 g/mol. The van der Waals surface area contributed by atoms with Gasteiger partial charge in [-0.3, -0.25) is 0 Å². The van der Waals surface area contributed by atoms with Gasteiger partial charge in [0.25, 0.3) is 0 Å². The summed E-state index contributed by atoms with van der Waals surface area (Å²) < 4.78 is 25.3. The molecule has 0 aliphatic carbocycles. The van der Waals surface area contributed by atoms with Crippen LogP contribution in [0.2, 0.25) is 0 Å². The lowest BCUT2D eigenvalue weighted by molar-refractivity contribution is 0.595. The molecular formula is C21H20O2S. The molecule has 122 valence electrons. The molecule has 3 aromatic carbocycles. The maximum atomic E-state index is 12.6. The third-order valence-corrected chi connectivity index (χ3v) is 5.78. The lowest BCUT2D eigenvalue weighted by Gasteiger charge is -2.08. The van der Waals surface area contributed by atoms with E-state index < -0.39 is 9.84 Å². The molecule has 0 heterocycles. The van der Waals surface area contributed by atoms with E-state index in [1.807, 2.05) is 66.7 Å². The van der Waals surface area contributed by atoms with E-state index in [9.17, 15) is 8.42 Å². The summed E-state index contributed by atoms with van der Waals surface area (Å²) in [6.07, 6.45) is 0.902. The Bertz CT molecular complexity index is 912. The van der Waals surface area contributed by atoms with Crippen LogP contribution >= 0.6 is 0 Å². The highest BCUT2D eigenvalue weighted by atomic mass is 32.2. The Morgan fingerprint density at radius 2 is 1.33 bits per heavy atom. The van der Waals surface area contributed by atoms with Crippen molar-refractivity contribution in [2.24, 2.45) is 0 Å². The van der Waals surface area contributed by atoms with Gasteiger partial charge in [-0.2, -0.15) is 0 Å². The highest BCUT2D eigenvalue weighted by Gasteiger charge is 2.15. The molecule has 0 saturated carbocycles. The van der Waals surface area contributed by atoms with Crippen LogP contribution in [0.1, 0.15) is 18.1 Å². The Morgan fingerprint density at radius 1 is 0.708 bits per heavy atom. The van der Waals surface area contributed by atoms with E-state index in [0.717, 1.165) is 28.7 Å². The molecule has 0 aliphatic heterocycles. The van der Waals surface area contributed by atoms with E-state index in [4.69, 9.17) is 0 Å². The third kappa shape index (κ3) is 3.74. The molecule has 0 unspecified atom stereocenters. The quantitative estimate of drug-likeness (QED) is 0.665. The summed E-state index contributed by atoms with van der Waals surface area (Å²) in [5.74, 6) is 0.0333. The zero-order valence-corrected chi connectivity index (χ0v) is 14.5. The van der Waals surface area contributed by atoms with Crippen LogP contribution in [-0.2, 0) is 22.0 Å². The Hall–Kier alpha value is -2.39. The summed E-state index contributed by atoms with van der Waals surface area (Å²) in [6.45, 7) is 2.07. The van der Waals surface area contributed by atoms with Gasteiger partial charge in [0.15, 0.2) is 9.84 Å².